The highest BCUT2D eigenvalue weighted by Gasteiger charge is 2.24. The number of Topliss-reactive ketones (excluding diaryl/α,β-unsaturated/α-hetero) is 1. The van der Waals surface area contributed by atoms with Crippen LogP contribution in [0.2, 0.25) is 5.02 Å². The molecule has 0 saturated carbocycles. The molecule has 5 rings (SSSR count). The van der Waals surface area contributed by atoms with Crippen molar-refractivity contribution in [1.82, 2.24) is 24.8 Å². The number of fused-ring (bicyclic) bond motifs is 2. The summed E-state index contributed by atoms with van der Waals surface area (Å²) in [5, 5.41) is 3.79. The molecule has 1 aliphatic heterocycles. The SMILES string of the molecule is CC(C)(C)OC(=O)N1CCNCC1.Cn1cncc1C(=O)C1=Cc2cccnc2Cc2ccc(Cl)cc21. The molecular formula is C28H32ClN5O3. The van der Waals surface area contributed by atoms with E-state index in [1.165, 1.54) is 0 Å². The molecule has 0 atom stereocenters. The summed E-state index contributed by atoms with van der Waals surface area (Å²) in [4.78, 5) is 34.9. The zero-order chi connectivity index (χ0) is 26.6. The van der Waals surface area contributed by atoms with Gasteiger partial charge in [-0.05, 0) is 61.7 Å². The van der Waals surface area contributed by atoms with Crippen LogP contribution in [0.3, 0.4) is 0 Å². The maximum atomic E-state index is 13.1. The maximum absolute atomic E-state index is 13.1. The molecular weight excluding hydrogens is 490 g/mol. The van der Waals surface area contributed by atoms with Gasteiger partial charge < -0.3 is 19.5 Å². The van der Waals surface area contributed by atoms with E-state index in [0.29, 0.717) is 22.7 Å². The Morgan fingerprint density at radius 1 is 1.14 bits per heavy atom. The molecule has 8 nitrogen and oxygen atoms in total. The van der Waals surface area contributed by atoms with Crippen LogP contribution in [-0.4, -0.2) is 63.1 Å². The van der Waals surface area contributed by atoms with E-state index in [9.17, 15) is 9.59 Å². The minimum atomic E-state index is -0.387. The second-order valence-corrected chi connectivity index (χ2v) is 10.4. The Kier molecular flexibility index (Phi) is 8.10. The summed E-state index contributed by atoms with van der Waals surface area (Å²) in [6.07, 6.45) is 7.35. The number of ether oxygens (including phenoxy) is 1. The predicted molar refractivity (Wildman–Crippen MR) is 145 cm³/mol. The summed E-state index contributed by atoms with van der Waals surface area (Å²) in [5.41, 5.74) is 4.57. The van der Waals surface area contributed by atoms with Crippen molar-refractivity contribution in [3.8, 4) is 0 Å². The Bertz CT molecular complexity index is 1320. The Balaban J connectivity index is 0.000000209. The van der Waals surface area contributed by atoms with Crippen molar-refractivity contribution in [2.24, 2.45) is 7.05 Å². The molecule has 1 fully saturated rings. The number of carbonyl (C=O) groups is 2. The molecule has 1 amide bonds. The number of imidazole rings is 1. The number of ketones is 1. The van der Waals surface area contributed by atoms with Crippen LogP contribution >= 0.6 is 11.6 Å². The van der Waals surface area contributed by atoms with Gasteiger partial charge in [-0.2, -0.15) is 0 Å². The molecule has 3 aromatic rings. The highest BCUT2D eigenvalue weighted by atomic mass is 35.5. The average Bonchev–Trinajstić information content (AvgIpc) is 3.22. The Labute approximate surface area is 222 Å². The quantitative estimate of drug-likeness (QED) is 0.495. The van der Waals surface area contributed by atoms with Crippen molar-refractivity contribution >= 4 is 35.1 Å². The summed E-state index contributed by atoms with van der Waals surface area (Å²) in [7, 11) is 1.81. The zero-order valence-electron chi connectivity index (χ0n) is 21.6. The lowest BCUT2D eigenvalue weighted by Crippen LogP contribution is -2.48. The predicted octanol–water partition coefficient (Wildman–Crippen LogP) is 4.62. The summed E-state index contributed by atoms with van der Waals surface area (Å²) in [6.45, 7) is 8.86. The maximum Gasteiger partial charge on any atom is 0.410 e. The highest BCUT2D eigenvalue weighted by Crippen LogP contribution is 2.33. The van der Waals surface area contributed by atoms with Crippen molar-refractivity contribution in [2.45, 2.75) is 32.8 Å². The number of aryl methyl sites for hydroxylation is 1. The van der Waals surface area contributed by atoms with E-state index in [4.69, 9.17) is 16.3 Å². The first-order valence-corrected chi connectivity index (χ1v) is 12.6. The molecule has 9 heteroatoms. The van der Waals surface area contributed by atoms with Gasteiger partial charge in [0.25, 0.3) is 0 Å². The smallest absolute Gasteiger partial charge is 0.410 e. The molecule has 1 aliphatic carbocycles. The van der Waals surface area contributed by atoms with Gasteiger partial charge in [-0.1, -0.05) is 23.7 Å². The molecule has 0 spiro atoms. The van der Waals surface area contributed by atoms with E-state index >= 15 is 0 Å². The number of benzene rings is 1. The fourth-order valence-electron chi connectivity index (χ4n) is 4.17. The molecule has 0 bridgehead atoms. The number of pyridine rings is 1. The second-order valence-electron chi connectivity index (χ2n) is 10.0. The van der Waals surface area contributed by atoms with Crippen molar-refractivity contribution < 1.29 is 14.3 Å². The summed E-state index contributed by atoms with van der Waals surface area (Å²) in [5.74, 6) is -0.0739. The van der Waals surface area contributed by atoms with Gasteiger partial charge in [0.05, 0.1) is 18.2 Å². The molecule has 1 saturated heterocycles. The normalized spacial score (nSPS) is 14.8. The van der Waals surface area contributed by atoms with Crippen LogP contribution in [0, 0.1) is 0 Å². The van der Waals surface area contributed by atoms with Crippen LogP contribution in [0.25, 0.3) is 11.6 Å². The molecule has 0 radical (unpaired) electrons. The largest absolute Gasteiger partial charge is 0.444 e. The highest BCUT2D eigenvalue weighted by molar-refractivity contribution is 6.34. The molecule has 0 unspecified atom stereocenters. The molecule has 2 aromatic heterocycles. The number of carbonyl (C=O) groups excluding carboxylic acids is 2. The monoisotopic (exact) mass is 521 g/mol. The van der Waals surface area contributed by atoms with Gasteiger partial charge in [0, 0.05) is 56.4 Å². The van der Waals surface area contributed by atoms with E-state index in [0.717, 1.165) is 48.6 Å². The lowest BCUT2D eigenvalue weighted by Gasteiger charge is -2.30. The molecule has 2 aliphatic rings. The number of halogens is 1. The van der Waals surface area contributed by atoms with E-state index in [1.807, 2.05) is 64.2 Å². The summed E-state index contributed by atoms with van der Waals surface area (Å²) in [6, 6.07) is 9.52. The number of rotatable bonds is 2. The van der Waals surface area contributed by atoms with Gasteiger partial charge in [0.1, 0.15) is 11.3 Å². The Morgan fingerprint density at radius 3 is 2.57 bits per heavy atom. The second kappa shape index (κ2) is 11.3. The number of nitrogens with one attached hydrogen (secondary N) is 1. The molecule has 1 aromatic carbocycles. The van der Waals surface area contributed by atoms with Crippen LogP contribution in [0.1, 0.15) is 53.6 Å². The minimum Gasteiger partial charge on any atom is -0.444 e. The molecule has 194 valence electrons. The van der Waals surface area contributed by atoms with Crippen molar-refractivity contribution in [1.29, 1.82) is 0 Å². The molecule has 37 heavy (non-hydrogen) atoms. The fraction of sp³-hybridized carbons (Fsp3) is 0.357. The first-order chi connectivity index (χ1) is 17.6. The first kappa shape index (κ1) is 26.6. The first-order valence-electron chi connectivity index (χ1n) is 12.3. The van der Waals surface area contributed by atoms with Gasteiger partial charge >= 0.3 is 6.09 Å². The Morgan fingerprint density at radius 2 is 1.89 bits per heavy atom. The third kappa shape index (κ3) is 6.64. The van der Waals surface area contributed by atoms with E-state index in [-0.39, 0.29) is 17.5 Å². The van der Waals surface area contributed by atoms with Crippen LogP contribution in [0.4, 0.5) is 4.79 Å². The lowest BCUT2D eigenvalue weighted by atomic mass is 9.95. The van der Waals surface area contributed by atoms with Gasteiger partial charge in [-0.25, -0.2) is 9.78 Å². The van der Waals surface area contributed by atoms with E-state index < -0.39 is 0 Å². The molecule has 1 N–H and O–H groups in total. The van der Waals surface area contributed by atoms with Gasteiger partial charge in [-0.15, -0.1) is 0 Å². The molecule has 3 heterocycles. The number of hydrogen-bond acceptors (Lipinski definition) is 6. The van der Waals surface area contributed by atoms with Crippen LogP contribution in [-0.2, 0) is 18.2 Å². The third-order valence-corrected chi connectivity index (χ3v) is 6.24. The van der Waals surface area contributed by atoms with Gasteiger partial charge in [0.2, 0.25) is 5.78 Å². The van der Waals surface area contributed by atoms with Gasteiger partial charge in [-0.3, -0.25) is 9.78 Å². The number of nitrogens with zero attached hydrogens (tertiary/aromatic N) is 4. The average molecular weight is 522 g/mol. The van der Waals surface area contributed by atoms with Crippen LogP contribution in [0.15, 0.2) is 49.1 Å². The number of allylic oxidation sites excluding steroid dienone is 1. The summed E-state index contributed by atoms with van der Waals surface area (Å²) >= 11 is 6.20. The Hall–Kier alpha value is -3.49. The van der Waals surface area contributed by atoms with Crippen molar-refractivity contribution in [3.63, 3.8) is 0 Å². The van der Waals surface area contributed by atoms with Crippen LogP contribution in [0.5, 0.6) is 0 Å². The minimum absolute atomic E-state index is 0.0739. The van der Waals surface area contributed by atoms with E-state index in [1.54, 1.807) is 28.2 Å². The van der Waals surface area contributed by atoms with Crippen molar-refractivity contribution in [2.75, 3.05) is 26.2 Å². The van der Waals surface area contributed by atoms with Gasteiger partial charge in [0.15, 0.2) is 0 Å². The third-order valence-electron chi connectivity index (χ3n) is 6.01. The zero-order valence-corrected chi connectivity index (χ0v) is 22.4. The number of hydrogen-bond donors (Lipinski definition) is 1. The fourth-order valence-corrected chi connectivity index (χ4v) is 4.34. The topological polar surface area (TPSA) is 89.4 Å². The van der Waals surface area contributed by atoms with E-state index in [2.05, 4.69) is 15.3 Å². The lowest BCUT2D eigenvalue weighted by molar-refractivity contribution is 0.0229. The van der Waals surface area contributed by atoms with Crippen molar-refractivity contribution in [3.05, 3.63) is 82.2 Å². The number of aromatic nitrogens is 3. The number of piperazine rings is 1. The standard InChI is InChI=1S/C19H14ClN3O.C9H18N2O2/c1-23-11-21-10-18(23)19(24)16-7-13-3-2-6-22-17(13)8-12-4-5-14(20)9-15(12)16;1-9(2,3)13-8(12)11-6-4-10-5-7-11/h2-7,9-11H,8H2,1H3;10H,4-7H2,1-3H3. The number of amides is 1. The summed E-state index contributed by atoms with van der Waals surface area (Å²) < 4.78 is 6.96. The van der Waals surface area contributed by atoms with Crippen LogP contribution < -0.4 is 5.32 Å².